The summed E-state index contributed by atoms with van der Waals surface area (Å²) in [6, 6.07) is 10.4. The van der Waals surface area contributed by atoms with Crippen molar-refractivity contribution in [3.8, 4) is 5.75 Å². The second kappa shape index (κ2) is 6.83. The van der Waals surface area contributed by atoms with Gasteiger partial charge in [0.2, 0.25) is 5.91 Å². The molecule has 2 amide bonds. The van der Waals surface area contributed by atoms with E-state index >= 15 is 0 Å². The zero-order valence-electron chi connectivity index (χ0n) is 12.8. The fraction of sp³-hybridized carbons (Fsp3) is 0.294. The minimum atomic E-state index is -0.410. The van der Waals surface area contributed by atoms with Crippen LogP contribution in [0.1, 0.15) is 22.5 Å². The van der Waals surface area contributed by atoms with E-state index < -0.39 is 6.04 Å². The van der Waals surface area contributed by atoms with Gasteiger partial charge in [-0.05, 0) is 48.6 Å². The highest BCUT2D eigenvalue weighted by molar-refractivity contribution is 7.12. The number of nitrogens with zero attached hydrogens (tertiary/aromatic N) is 1. The highest BCUT2D eigenvalue weighted by Crippen LogP contribution is 2.24. The van der Waals surface area contributed by atoms with Crippen LogP contribution < -0.4 is 10.1 Å². The summed E-state index contributed by atoms with van der Waals surface area (Å²) in [5.41, 5.74) is 0.700. The first kappa shape index (κ1) is 15.6. The zero-order chi connectivity index (χ0) is 16.2. The average molecular weight is 330 g/mol. The molecule has 2 heterocycles. The van der Waals surface area contributed by atoms with E-state index in [2.05, 4.69) is 5.32 Å². The first-order valence-corrected chi connectivity index (χ1v) is 8.36. The van der Waals surface area contributed by atoms with Crippen LogP contribution in [0.3, 0.4) is 0 Å². The summed E-state index contributed by atoms with van der Waals surface area (Å²) in [5, 5.41) is 4.75. The van der Waals surface area contributed by atoms with Crippen LogP contribution >= 0.6 is 11.3 Å². The molecule has 2 aromatic rings. The lowest BCUT2D eigenvalue weighted by molar-refractivity contribution is -0.119. The SMILES string of the molecule is COc1ccc(NC(=O)C2CCCN2C(=O)c2cccs2)cc1. The normalized spacial score (nSPS) is 17.1. The third-order valence-corrected chi connectivity index (χ3v) is 4.76. The van der Waals surface area contributed by atoms with Gasteiger partial charge in [-0.3, -0.25) is 9.59 Å². The Balaban J connectivity index is 1.69. The lowest BCUT2D eigenvalue weighted by atomic mass is 10.2. The molecular formula is C17H18N2O3S. The van der Waals surface area contributed by atoms with Gasteiger partial charge in [0.15, 0.2) is 0 Å². The van der Waals surface area contributed by atoms with Gasteiger partial charge in [0.25, 0.3) is 5.91 Å². The van der Waals surface area contributed by atoms with Crippen LogP contribution in [0, 0.1) is 0 Å². The topological polar surface area (TPSA) is 58.6 Å². The zero-order valence-corrected chi connectivity index (χ0v) is 13.6. The minimum Gasteiger partial charge on any atom is -0.497 e. The van der Waals surface area contributed by atoms with Crippen LogP contribution in [0.2, 0.25) is 0 Å². The number of rotatable bonds is 4. The lowest BCUT2D eigenvalue weighted by Crippen LogP contribution is -2.42. The number of likely N-dealkylation sites (tertiary alicyclic amines) is 1. The molecule has 6 heteroatoms. The van der Waals surface area contributed by atoms with E-state index in [1.165, 1.54) is 11.3 Å². The van der Waals surface area contributed by atoms with Crippen molar-refractivity contribution >= 4 is 28.8 Å². The van der Waals surface area contributed by atoms with Crippen molar-refractivity contribution in [2.24, 2.45) is 0 Å². The predicted molar refractivity (Wildman–Crippen MR) is 90.0 cm³/mol. The summed E-state index contributed by atoms with van der Waals surface area (Å²) < 4.78 is 5.10. The Hall–Kier alpha value is -2.34. The summed E-state index contributed by atoms with van der Waals surface area (Å²) in [6.45, 7) is 0.622. The fourth-order valence-corrected chi connectivity index (χ4v) is 3.40. The molecule has 1 saturated heterocycles. The van der Waals surface area contributed by atoms with Crippen molar-refractivity contribution in [2.75, 3.05) is 19.0 Å². The number of nitrogens with one attached hydrogen (secondary N) is 1. The molecule has 1 unspecified atom stereocenters. The molecule has 0 saturated carbocycles. The molecule has 5 nitrogen and oxygen atoms in total. The number of benzene rings is 1. The molecule has 23 heavy (non-hydrogen) atoms. The lowest BCUT2D eigenvalue weighted by Gasteiger charge is -2.23. The van der Waals surface area contributed by atoms with Crippen LogP contribution in [0.15, 0.2) is 41.8 Å². The number of carbonyl (C=O) groups excluding carboxylic acids is 2. The maximum Gasteiger partial charge on any atom is 0.264 e. The maximum atomic E-state index is 12.5. The molecule has 1 aliphatic rings. The van der Waals surface area contributed by atoms with Gasteiger partial charge in [0.05, 0.1) is 12.0 Å². The van der Waals surface area contributed by atoms with Crippen LogP contribution in [0.5, 0.6) is 5.75 Å². The van der Waals surface area contributed by atoms with Gasteiger partial charge in [0.1, 0.15) is 11.8 Å². The number of anilines is 1. The van der Waals surface area contributed by atoms with Crippen molar-refractivity contribution in [3.05, 3.63) is 46.7 Å². The largest absolute Gasteiger partial charge is 0.497 e. The standard InChI is InChI=1S/C17H18N2O3S/c1-22-13-8-6-12(7-9-13)18-16(20)14-4-2-10-19(14)17(21)15-5-3-11-23-15/h3,5-9,11,14H,2,4,10H2,1H3,(H,18,20). The number of carbonyl (C=O) groups is 2. The molecule has 120 valence electrons. The Morgan fingerprint density at radius 3 is 2.70 bits per heavy atom. The van der Waals surface area contributed by atoms with Gasteiger partial charge in [-0.2, -0.15) is 0 Å². The Morgan fingerprint density at radius 2 is 2.04 bits per heavy atom. The van der Waals surface area contributed by atoms with Crippen LogP contribution in [0.25, 0.3) is 0 Å². The highest BCUT2D eigenvalue weighted by atomic mass is 32.1. The summed E-state index contributed by atoms with van der Waals surface area (Å²) in [6.07, 6.45) is 1.54. The second-order valence-corrected chi connectivity index (χ2v) is 6.30. The van der Waals surface area contributed by atoms with Crippen LogP contribution in [0.4, 0.5) is 5.69 Å². The van der Waals surface area contributed by atoms with E-state index in [4.69, 9.17) is 4.74 Å². The number of ether oxygens (including phenoxy) is 1. The third-order valence-electron chi connectivity index (χ3n) is 3.91. The molecule has 0 bridgehead atoms. The van der Waals surface area contributed by atoms with E-state index in [0.717, 1.165) is 12.2 Å². The van der Waals surface area contributed by atoms with Gasteiger partial charge in [-0.1, -0.05) is 6.07 Å². The first-order valence-electron chi connectivity index (χ1n) is 7.48. The van der Waals surface area contributed by atoms with Crippen molar-refractivity contribution < 1.29 is 14.3 Å². The summed E-state index contributed by atoms with van der Waals surface area (Å²) >= 11 is 1.40. The van der Waals surface area contributed by atoms with Gasteiger partial charge in [-0.15, -0.1) is 11.3 Å². The van der Waals surface area contributed by atoms with Gasteiger partial charge >= 0.3 is 0 Å². The molecule has 1 aliphatic heterocycles. The van der Waals surface area contributed by atoms with Crippen molar-refractivity contribution in [3.63, 3.8) is 0 Å². The monoisotopic (exact) mass is 330 g/mol. The molecular weight excluding hydrogens is 312 g/mol. The molecule has 1 atom stereocenters. The summed E-state index contributed by atoms with van der Waals surface area (Å²) in [7, 11) is 1.60. The van der Waals surface area contributed by atoms with Crippen LogP contribution in [-0.2, 0) is 4.79 Å². The number of hydrogen-bond donors (Lipinski definition) is 1. The minimum absolute atomic E-state index is 0.0626. The smallest absolute Gasteiger partial charge is 0.264 e. The number of thiophene rings is 1. The molecule has 1 fully saturated rings. The Kier molecular flexibility index (Phi) is 4.62. The summed E-state index contributed by atoms with van der Waals surface area (Å²) in [4.78, 5) is 27.4. The van der Waals surface area contributed by atoms with Gasteiger partial charge in [-0.25, -0.2) is 0 Å². The Labute approximate surface area is 138 Å². The fourth-order valence-electron chi connectivity index (χ4n) is 2.72. The molecule has 0 spiro atoms. The molecule has 3 rings (SSSR count). The average Bonchev–Trinajstić information content (AvgIpc) is 3.26. The predicted octanol–water partition coefficient (Wildman–Crippen LogP) is 3.00. The maximum absolute atomic E-state index is 12.5. The third kappa shape index (κ3) is 3.37. The molecule has 1 N–H and O–H groups in total. The number of methoxy groups -OCH3 is 1. The Bertz CT molecular complexity index is 682. The van der Waals surface area contributed by atoms with Crippen LogP contribution in [-0.4, -0.2) is 36.4 Å². The number of hydrogen-bond acceptors (Lipinski definition) is 4. The van der Waals surface area contributed by atoms with E-state index in [0.29, 0.717) is 23.5 Å². The van der Waals surface area contributed by atoms with Gasteiger partial charge in [0, 0.05) is 12.2 Å². The number of amides is 2. The van der Waals surface area contributed by atoms with E-state index in [9.17, 15) is 9.59 Å². The summed E-state index contributed by atoms with van der Waals surface area (Å²) in [5.74, 6) is 0.531. The van der Waals surface area contributed by atoms with E-state index in [-0.39, 0.29) is 11.8 Å². The molecule has 1 aromatic heterocycles. The van der Waals surface area contributed by atoms with Gasteiger partial charge < -0.3 is 15.0 Å². The molecule has 0 aliphatic carbocycles. The first-order chi connectivity index (χ1) is 11.2. The van der Waals surface area contributed by atoms with Crippen molar-refractivity contribution in [2.45, 2.75) is 18.9 Å². The second-order valence-electron chi connectivity index (χ2n) is 5.35. The molecule has 0 radical (unpaired) electrons. The van der Waals surface area contributed by atoms with Crippen molar-refractivity contribution in [1.82, 2.24) is 4.90 Å². The molecule has 1 aromatic carbocycles. The quantitative estimate of drug-likeness (QED) is 0.937. The van der Waals surface area contributed by atoms with Crippen molar-refractivity contribution in [1.29, 1.82) is 0 Å². The van der Waals surface area contributed by atoms with E-state index in [1.807, 2.05) is 11.4 Å². The Morgan fingerprint density at radius 1 is 1.26 bits per heavy atom. The highest BCUT2D eigenvalue weighted by Gasteiger charge is 2.34. The van der Waals surface area contributed by atoms with E-state index in [1.54, 1.807) is 42.3 Å².